The number of hydrogen-bond donors (Lipinski definition) is 4. The van der Waals surface area contributed by atoms with Crippen molar-refractivity contribution in [1.29, 1.82) is 0 Å². The van der Waals surface area contributed by atoms with Crippen molar-refractivity contribution < 1.29 is 34.7 Å². The van der Waals surface area contributed by atoms with Gasteiger partial charge in [0.15, 0.2) is 29.1 Å². The number of carbonyl (C=O) groups is 1. The Morgan fingerprint density at radius 2 is 1.70 bits per heavy atom. The van der Waals surface area contributed by atoms with Gasteiger partial charge in [0.1, 0.15) is 6.10 Å². The zero-order chi connectivity index (χ0) is 21.4. The molecule has 0 bridgehead atoms. The predicted molar refractivity (Wildman–Crippen MR) is 107 cm³/mol. The number of carbonyl (C=O) groups excluding carboxylic acids is 1. The molecule has 7 nitrogen and oxygen atoms in total. The van der Waals surface area contributed by atoms with Gasteiger partial charge in [-0.15, -0.1) is 0 Å². The van der Waals surface area contributed by atoms with Crippen molar-refractivity contribution in [2.45, 2.75) is 18.6 Å². The van der Waals surface area contributed by atoms with Gasteiger partial charge in [-0.25, -0.2) is 4.79 Å². The van der Waals surface area contributed by atoms with E-state index in [4.69, 9.17) is 21.1 Å². The van der Waals surface area contributed by atoms with Crippen LogP contribution in [0.5, 0.6) is 28.7 Å². The number of phenols is 4. The summed E-state index contributed by atoms with van der Waals surface area (Å²) in [6.45, 7) is 0. The Hall–Kier alpha value is -3.58. The number of rotatable bonds is 3. The molecule has 154 valence electrons. The molecule has 4 N–H and O–H groups in total. The Morgan fingerprint density at radius 1 is 0.967 bits per heavy atom. The van der Waals surface area contributed by atoms with Gasteiger partial charge >= 0.3 is 5.97 Å². The van der Waals surface area contributed by atoms with Gasteiger partial charge in [-0.05, 0) is 30.3 Å². The fourth-order valence-electron chi connectivity index (χ4n) is 3.35. The third-order valence-electron chi connectivity index (χ3n) is 4.88. The van der Waals surface area contributed by atoms with E-state index in [0.717, 1.165) is 0 Å². The van der Waals surface area contributed by atoms with Crippen molar-refractivity contribution in [3.63, 3.8) is 0 Å². The van der Waals surface area contributed by atoms with Crippen molar-refractivity contribution in [3.05, 3.63) is 76.3 Å². The summed E-state index contributed by atoms with van der Waals surface area (Å²) in [7, 11) is 0. The molecular formula is C22H17ClO7. The van der Waals surface area contributed by atoms with Crippen molar-refractivity contribution >= 4 is 17.6 Å². The van der Waals surface area contributed by atoms with E-state index in [1.165, 1.54) is 30.3 Å². The molecule has 1 aliphatic rings. The number of halogens is 1. The first-order valence-electron chi connectivity index (χ1n) is 9.03. The lowest BCUT2D eigenvalue weighted by Crippen LogP contribution is -2.34. The van der Waals surface area contributed by atoms with Gasteiger partial charge in [-0.1, -0.05) is 35.9 Å². The first-order valence-corrected chi connectivity index (χ1v) is 9.41. The van der Waals surface area contributed by atoms with Crippen molar-refractivity contribution in [1.82, 2.24) is 0 Å². The van der Waals surface area contributed by atoms with Crippen molar-refractivity contribution in [2.75, 3.05) is 0 Å². The van der Waals surface area contributed by atoms with Gasteiger partial charge in [-0.3, -0.25) is 0 Å². The second kappa shape index (κ2) is 7.68. The van der Waals surface area contributed by atoms with E-state index in [0.29, 0.717) is 11.1 Å². The average molecular weight is 429 g/mol. The van der Waals surface area contributed by atoms with Gasteiger partial charge < -0.3 is 29.9 Å². The highest BCUT2D eigenvalue weighted by atomic mass is 35.5. The Balaban J connectivity index is 1.73. The van der Waals surface area contributed by atoms with Gasteiger partial charge in [0.2, 0.25) is 5.75 Å². The summed E-state index contributed by atoms with van der Waals surface area (Å²) in [6, 6.07) is 13.4. The molecule has 3 aromatic rings. The SMILES string of the molecule is O=C(O[C@@H]1Cc2ccc(O)c(O)c2OC1c1ccc(O)c(O)c1)c1ccccc1Cl. The van der Waals surface area contributed by atoms with E-state index < -0.39 is 23.9 Å². The number of fused-ring (bicyclic) bond motifs is 1. The van der Waals surface area contributed by atoms with Crippen LogP contribution in [0.15, 0.2) is 54.6 Å². The van der Waals surface area contributed by atoms with Gasteiger partial charge in [0, 0.05) is 17.5 Å². The molecule has 0 saturated heterocycles. The van der Waals surface area contributed by atoms with Gasteiger partial charge in [-0.2, -0.15) is 0 Å². The van der Waals surface area contributed by atoms with E-state index in [9.17, 15) is 25.2 Å². The maximum Gasteiger partial charge on any atom is 0.340 e. The van der Waals surface area contributed by atoms with Crippen molar-refractivity contribution in [2.24, 2.45) is 0 Å². The normalized spacial score (nSPS) is 17.6. The zero-order valence-electron chi connectivity index (χ0n) is 15.4. The van der Waals surface area contributed by atoms with Gasteiger partial charge in [0.05, 0.1) is 10.6 Å². The molecule has 3 aromatic carbocycles. The molecule has 8 heteroatoms. The standard InChI is InChI=1S/C22H17ClO7/c23-14-4-2-1-3-13(14)22(28)29-18-10-12-6-8-16(25)19(27)21(12)30-20(18)11-5-7-15(24)17(26)9-11/h1-9,18,20,24-27H,10H2/t18-,20?/m1/s1. The number of phenolic OH excluding ortho intramolecular Hbond substituents is 4. The zero-order valence-corrected chi connectivity index (χ0v) is 16.2. The summed E-state index contributed by atoms with van der Waals surface area (Å²) < 4.78 is 11.6. The first kappa shape index (κ1) is 19.7. The number of hydrogen-bond acceptors (Lipinski definition) is 7. The molecule has 4 rings (SSSR count). The summed E-state index contributed by atoms with van der Waals surface area (Å²) in [5, 5.41) is 39.7. The predicted octanol–water partition coefficient (Wildman–Crippen LogP) is 4.06. The quantitative estimate of drug-likeness (QED) is 0.367. The van der Waals surface area contributed by atoms with E-state index >= 15 is 0 Å². The summed E-state index contributed by atoms with van der Waals surface area (Å²) in [6.07, 6.45) is -1.59. The smallest absolute Gasteiger partial charge is 0.340 e. The molecular weight excluding hydrogens is 412 g/mol. The highest BCUT2D eigenvalue weighted by Gasteiger charge is 2.37. The van der Waals surface area contributed by atoms with E-state index in [1.54, 1.807) is 24.3 Å². The third-order valence-corrected chi connectivity index (χ3v) is 5.21. The number of aromatic hydroxyl groups is 4. The van der Waals surface area contributed by atoms with Crippen LogP contribution in [-0.4, -0.2) is 32.5 Å². The van der Waals surface area contributed by atoms with E-state index in [2.05, 4.69) is 0 Å². The van der Waals surface area contributed by atoms with Crippen molar-refractivity contribution in [3.8, 4) is 28.7 Å². The lowest BCUT2D eigenvalue weighted by Gasteiger charge is -2.34. The highest BCUT2D eigenvalue weighted by molar-refractivity contribution is 6.33. The fourth-order valence-corrected chi connectivity index (χ4v) is 3.57. The highest BCUT2D eigenvalue weighted by Crippen LogP contribution is 2.46. The second-order valence-corrected chi connectivity index (χ2v) is 7.24. The molecule has 0 aliphatic carbocycles. The van der Waals surface area contributed by atoms with E-state index in [-0.39, 0.29) is 40.0 Å². The minimum atomic E-state index is -0.928. The number of esters is 1. The van der Waals surface area contributed by atoms with Crippen LogP contribution in [0.25, 0.3) is 0 Å². The fraction of sp³-hybridized carbons (Fsp3) is 0.136. The maximum atomic E-state index is 12.7. The van der Waals surface area contributed by atoms with Gasteiger partial charge in [0.25, 0.3) is 0 Å². The Labute approximate surface area is 176 Å². The van der Waals surface area contributed by atoms with Crippen LogP contribution in [0.2, 0.25) is 5.02 Å². The molecule has 1 aliphatic heterocycles. The molecule has 0 aromatic heterocycles. The molecule has 0 spiro atoms. The summed E-state index contributed by atoms with van der Waals surface area (Å²) in [5.74, 6) is -2.09. The van der Waals surface area contributed by atoms with E-state index in [1.807, 2.05) is 0 Å². The summed E-state index contributed by atoms with van der Waals surface area (Å²) in [4.78, 5) is 12.7. The van der Waals surface area contributed by atoms with Crippen LogP contribution in [-0.2, 0) is 11.2 Å². The summed E-state index contributed by atoms with van der Waals surface area (Å²) in [5.41, 5.74) is 1.11. The largest absolute Gasteiger partial charge is 0.504 e. The van der Waals surface area contributed by atoms with Crippen LogP contribution in [0.1, 0.15) is 27.6 Å². The molecule has 0 fully saturated rings. The molecule has 1 unspecified atom stereocenters. The lowest BCUT2D eigenvalue weighted by atomic mass is 9.93. The average Bonchev–Trinajstić information content (AvgIpc) is 2.73. The summed E-state index contributed by atoms with van der Waals surface area (Å²) >= 11 is 6.09. The van der Waals surface area contributed by atoms with Crippen LogP contribution in [0.3, 0.4) is 0 Å². The molecule has 1 heterocycles. The maximum absolute atomic E-state index is 12.7. The molecule has 0 amide bonds. The monoisotopic (exact) mass is 428 g/mol. The minimum Gasteiger partial charge on any atom is -0.504 e. The first-order chi connectivity index (χ1) is 14.3. The Morgan fingerprint density at radius 3 is 2.43 bits per heavy atom. The van der Waals surface area contributed by atoms with Crippen LogP contribution in [0, 0.1) is 0 Å². The third kappa shape index (κ3) is 3.55. The topological polar surface area (TPSA) is 116 Å². The Kier molecular flexibility index (Phi) is 5.05. The van der Waals surface area contributed by atoms with Crippen LogP contribution < -0.4 is 4.74 Å². The van der Waals surface area contributed by atoms with Crippen LogP contribution in [0.4, 0.5) is 0 Å². The minimum absolute atomic E-state index is 0.0533. The second-order valence-electron chi connectivity index (χ2n) is 6.84. The molecule has 0 radical (unpaired) electrons. The van der Waals surface area contributed by atoms with Crippen LogP contribution >= 0.6 is 11.6 Å². The Bertz CT molecular complexity index is 1130. The number of ether oxygens (including phenoxy) is 2. The molecule has 2 atom stereocenters. The molecule has 30 heavy (non-hydrogen) atoms. The number of benzene rings is 3. The lowest BCUT2D eigenvalue weighted by molar-refractivity contribution is -0.0192. The molecule has 0 saturated carbocycles.